The summed E-state index contributed by atoms with van der Waals surface area (Å²) in [6, 6.07) is 0. The Morgan fingerprint density at radius 2 is 2.06 bits per heavy atom. The van der Waals surface area contributed by atoms with E-state index in [9.17, 15) is 14.7 Å². The quantitative estimate of drug-likeness (QED) is 0.767. The number of nitrogens with one attached hydrogen (secondary N) is 1. The summed E-state index contributed by atoms with van der Waals surface area (Å²) < 4.78 is 3.54. The molecule has 1 fully saturated rings. The summed E-state index contributed by atoms with van der Waals surface area (Å²) in [7, 11) is 0. The summed E-state index contributed by atoms with van der Waals surface area (Å²) in [6.07, 6.45) is 4.58. The van der Waals surface area contributed by atoms with Crippen LogP contribution in [0.5, 0.6) is 0 Å². The summed E-state index contributed by atoms with van der Waals surface area (Å²) in [4.78, 5) is 23.4. The number of aromatic nitrogens is 3. The van der Waals surface area contributed by atoms with E-state index in [4.69, 9.17) is 0 Å². The van der Waals surface area contributed by atoms with E-state index < -0.39 is 17.8 Å². The van der Waals surface area contributed by atoms with Crippen LogP contribution in [0.2, 0.25) is 0 Å². The van der Waals surface area contributed by atoms with Gasteiger partial charge in [-0.1, -0.05) is 21.7 Å². The number of carbonyl (C=O) groups is 2. The molecule has 2 N–H and O–H groups in total. The highest BCUT2D eigenvalue weighted by molar-refractivity contribution is 7.09. The monoisotopic (exact) mass is 266 g/mol. The Kier molecular flexibility index (Phi) is 2.58. The van der Waals surface area contributed by atoms with Crippen molar-refractivity contribution in [1.82, 2.24) is 14.8 Å². The van der Waals surface area contributed by atoms with Crippen molar-refractivity contribution in [2.75, 3.05) is 5.32 Å². The maximum atomic E-state index is 12.1. The van der Waals surface area contributed by atoms with Gasteiger partial charge in [0.05, 0.1) is 11.8 Å². The van der Waals surface area contributed by atoms with Crippen molar-refractivity contribution < 1.29 is 14.7 Å². The number of amides is 1. The first-order chi connectivity index (χ1) is 8.66. The van der Waals surface area contributed by atoms with Gasteiger partial charge < -0.3 is 5.11 Å². The highest BCUT2D eigenvalue weighted by Gasteiger charge is 2.51. The molecule has 0 aromatic carbocycles. The van der Waals surface area contributed by atoms with Gasteiger partial charge >= 0.3 is 5.97 Å². The third kappa shape index (κ3) is 1.69. The molecule has 1 heterocycles. The van der Waals surface area contributed by atoms with Crippen LogP contribution in [-0.2, 0) is 9.59 Å². The van der Waals surface area contributed by atoms with E-state index >= 15 is 0 Å². The van der Waals surface area contributed by atoms with Crippen LogP contribution < -0.4 is 5.32 Å². The fourth-order valence-electron chi connectivity index (χ4n) is 2.89. The summed E-state index contributed by atoms with van der Waals surface area (Å²) in [5.74, 6) is -2.41. The van der Waals surface area contributed by atoms with Crippen molar-refractivity contribution in [3.63, 3.8) is 0 Å². The molecule has 1 amide bonds. The molecule has 1 aromatic rings. The maximum absolute atomic E-state index is 12.1. The first-order valence-corrected chi connectivity index (χ1v) is 6.31. The van der Waals surface area contributed by atoms with Crippen molar-refractivity contribution >= 4 is 28.5 Å². The van der Waals surface area contributed by atoms with Gasteiger partial charge in [-0.25, -0.2) is 0 Å². The average molecular weight is 266 g/mol. The lowest BCUT2D eigenvalue weighted by atomic mass is 9.82. The number of anilines is 1. The lowest BCUT2D eigenvalue weighted by molar-refractivity contribution is -0.146. The molecule has 94 valence electrons. The number of fused-ring (bicyclic) bond motifs is 2. The minimum Gasteiger partial charge on any atom is -0.481 e. The molecule has 0 spiro atoms. The molecule has 0 aliphatic heterocycles. The number of carboxylic acids is 1. The van der Waals surface area contributed by atoms with Crippen LogP contribution in [0.15, 0.2) is 12.2 Å². The first kappa shape index (κ1) is 11.3. The Morgan fingerprint density at radius 3 is 2.67 bits per heavy atom. The highest BCUT2D eigenvalue weighted by atomic mass is 32.1. The molecule has 3 rings (SSSR count). The number of rotatable bonds is 3. The molecule has 2 aliphatic rings. The van der Waals surface area contributed by atoms with Crippen LogP contribution in [0.25, 0.3) is 0 Å². The molecule has 7 nitrogen and oxygen atoms in total. The van der Waals surface area contributed by atoms with Gasteiger partial charge in [-0.15, -0.1) is 0 Å². The minimum absolute atomic E-state index is 0.0111. The lowest BCUT2D eigenvalue weighted by Gasteiger charge is -2.23. The van der Waals surface area contributed by atoms with Gasteiger partial charge in [0.15, 0.2) is 0 Å². The number of nitrogens with zero attached hydrogens (tertiary/aromatic N) is 3. The summed E-state index contributed by atoms with van der Waals surface area (Å²) in [5, 5.41) is 19.1. The smallest absolute Gasteiger partial charge is 0.307 e. The largest absolute Gasteiger partial charge is 0.481 e. The number of hydrogen-bond donors (Lipinski definition) is 2. The zero-order chi connectivity index (χ0) is 12.7. The Balaban J connectivity index is 1.80. The van der Waals surface area contributed by atoms with E-state index in [1.54, 1.807) is 0 Å². The van der Waals surface area contributed by atoms with Gasteiger partial charge in [0.25, 0.3) is 0 Å². The van der Waals surface area contributed by atoms with Gasteiger partial charge in [-0.05, 0) is 23.5 Å². The van der Waals surface area contributed by atoms with Crippen LogP contribution in [-0.4, -0.2) is 31.8 Å². The fraction of sp³-hybridized carbons (Fsp3) is 0.500. The molecule has 0 saturated heterocycles. The van der Waals surface area contributed by atoms with Crippen LogP contribution in [0.3, 0.4) is 0 Å². The highest BCUT2D eigenvalue weighted by Crippen LogP contribution is 2.48. The number of aliphatic carboxylic acids is 1. The summed E-state index contributed by atoms with van der Waals surface area (Å²) >= 11 is 0.970. The Hall–Kier alpha value is -1.83. The van der Waals surface area contributed by atoms with Gasteiger partial charge in [0.2, 0.25) is 11.0 Å². The third-order valence-corrected chi connectivity index (χ3v) is 4.09. The molecule has 2 unspecified atom stereocenters. The topological polar surface area (TPSA) is 105 Å². The molecular weight excluding hydrogens is 256 g/mol. The van der Waals surface area contributed by atoms with Crippen LogP contribution in [0.1, 0.15) is 6.42 Å². The number of carboxylic acid groups (broad SMARTS) is 1. The van der Waals surface area contributed by atoms with Crippen LogP contribution in [0, 0.1) is 23.7 Å². The Bertz CT molecular complexity index is 515. The molecule has 2 bridgehead atoms. The van der Waals surface area contributed by atoms with Gasteiger partial charge in [-0.2, -0.15) is 0 Å². The molecule has 18 heavy (non-hydrogen) atoms. The molecular formula is C10H10N4O3S. The van der Waals surface area contributed by atoms with E-state index in [1.165, 1.54) is 0 Å². The standard InChI is InChI=1S/C10H10N4O3S/c15-8(11-10-12-13-14-18-10)6-4-1-2-5(3-4)7(6)9(16)17/h1-2,4-7H,3H2,(H,16,17)(H,11,12,14,15)/t4?,5?,6-,7+/m0/s1. The minimum atomic E-state index is -0.914. The molecule has 8 heteroatoms. The molecule has 1 saturated carbocycles. The zero-order valence-electron chi connectivity index (χ0n) is 9.18. The van der Waals surface area contributed by atoms with Crippen molar-refractivity contribution in [2.45, 2.75) is 6.42 Å². The van der Waals surface area contributed by atoms with Crippen molar-refractivity contribution in [3.05, 3.63) is 12.2 Å². The predicted molar refractivity (Wildman–Crippen MR) is 61.7 cm³/mol. The molecule has 4 atom stereocenters. The Morgan fingerprint density at radius 1 is 1.33 bits per heavy atom. The summed E-state index contributed by atoms with van der Waals surface area (Å²) in [6.45, 7) is 0. The van der Waals surface area contributed by atoms with E-state index in [0.717, 1.165) is 18.0 Å². The third-order valence-electron chi connectivity index (χ3n) is 3.58. The first-order valence-electron chi connectivity index (χ1n) is 5.54. The van der Waals surface area contributed by atoms with E-state index in [1.807, 2.05) is 12.2 Å². The summed E-state index contributed by atoms with van der Waals surface area (Å²) in [5.41, 5.74) is 0. The second-order valence-corrected chi connectivity index (χ2v) is 5.23. The van der Waals surface area contributed by atoms with Crippen molar-refractivity contribution in [3.8, 4) is 0 Å². The normalized spacial score (nSPS) is 32.7. The Labute approximate surface area is 106 Å². The van der Waals surface area contributed by atoms with Gasteiger partial charge in [0.1, 0.15) is 0 Å². The van der Waals surface area contributed by atoms with Crippen LogP contribution in [0.4, 0.5) is 5.13 Å². The second-order valence-electron chi connectivity index (χ2n) is 4.49. The number of allylic oxidation sites excluding steroid dienone is 2. The number of hydrogen-bond acceptors (Lipinski definition) is 6. The molecule has 2 aliphatic carbocycles. The SMILES string of the molecule is O=C(O)[C@@H]1C2C=CC(C2)[C@@H]1C(=O)Nc1nnns1. The van der Waals surface area contributed by atoms with E-state index in [-0.39, 0.29) is 17.7 Å². The predicted octanol–water partition coefficient (Wildman–Crippen LogP) is 0.394. The van der Waals surface area contributed by atoms with Crippen molar-refractivity contribution in [1.29, 1.82) is 0 Å². The van der Waals surface area contributed by atoms with Gasteiger partial charge in [0, 0.05) is 11.5 Å². The molecule has 0 radical (unpaired) electrons. The zero-order valence-corrected chi connectivity index (χ0v) is 10.0. The van der Waals surface area contributed by atoms with Crippen LogP contribution >= 0.6 is 11.5 Å². The van der Waals surface area contributed by atoms with Gasteiger partial charge in [-0.3, -0.25) is 14.9 Å². The van der Waals surface area contributed by atoms with E-state index in [2.05, 4.69) is 20.1 Å². The number of carbonyl (C=O) groups excluding carboxylic acids is 1. The van der Waals surface area contributed by atoms with Crippen molar-refractivity contribution in [2.24, 2.45) is 23.7 Å². The van der Waals surface area contributed by atoms with E-state index in [0.29, 0.717) is 5.13 Å². The fourth-order valence-corrected chi connectivity index (χ4v) is 3.26. The maximum Gasteiger partial charge on any atom is 0.307 e. The lowest BCUT2D eigenvalue weighted by Crippen LogP contribution is -2.36. The average Bonchev–Trinajstić information content (AvgIpc) is 3.03. The molecule has 1 aromatic heterocycles. The second kappa shape index (κ2) is 4.13.